The van der Waals surface area contributed by atoms with Gasteiger partial charge >= 0.3 is 0 Å². The van der Waals surface area contributed by atoms with E-state index in [1.807, 2.05) is 32.0 Å². The second kappa shape index (κ2) is 3.94. The molecule has 0 amide bonds. The summed E-state index contributed by atoms with van der Waals surface area (Å²) in [4.78, 5) is 0. The molecule has 78 valence electrons. The molecule has 0 unspecified atom stereocenters. The van der Waals surface area contributed by atoms with Crippen LogP contribution in [0.5, 0.6) is 5.75 Å². The number of nitrogens with zero attached hydrogens (tertiary/aromatic N) is 1. The van der Waals surface area contributed by atoms with Crippen molar-refractivity contribution in [2.75, 3.05) is 0 Å². The zero-order valence-electron chi connectivity index (χ0n) is 9.16. The Labute approximate surface area is 90.5 Å². The van der Waals surface area contributed by atoms with Crippen molar-refractivity contribution in [3.8, 4) is 11.8 Å². The van der Waals surface area contributed by atoms with Crippen LogP contribution in [0, 0.1) is 11.3 Å². The number of benzene rings is 1. The summed E-state index contributed by atoms with van der Waals surface area (Å²) >= 11 is 0. The number of hydrogen-bond acceptors (Lipinski definition) is 2. The third-order valence-corrected chi connectivity index (χ3v) is 2.53. The molecule has 1 aromatic carbocycles. The molecule has 1 fully saturated rings. The Balaban J connectivity index is 2.29. The van der Waals surface area contributed by atoms with E-state index in [-0.39, 0.29) is 6.10 Å². The average Bonchev–Trinajstić information content (AvgIpc) is 3.00. The van der Waals surface area contributed by atoms with Gasteiger partial charge in [-0.1, -0.05) is 0 Å². The van der Waals surface area contributed by atoms with Crippen molar-refractivity contribution in [3.05, 3.63) is 29.3 Å². The zero-order chi connectivity index (χ0) is 10.8. The van der Waals surface area contributed by atoms with Crippen LogP contribution in [0.4, 0.5) is 0 Å². The van der Waals surface area contributed by atoms with Gasteiger partial charge in [-0.25, -0.2) is 0 Å². The van der Waals surface area contributed by atoms with Crippen LogP contribution in [0.15, 0.2) is 18.2 Å². The standard InChI is InChI=1S/C13H15NO/c1-9(2)15-12-6-5-11(8-14)13(7-12)10-3-4-10/h5-7,9-10H,3-4H2,1-2H3. The molecule has 0 heterocycles. The summed E-state index contributed by atoms with van der Waals surface area (Å²) in [6, 6.07) is 8.01. The molecule has 2 heteroatoms. The highest BCUT2D eigenvalue weighted by molar-refractivity contribution is 5.46. The maximum absolute atomic E-state index is 8.98. The van der Waals surface area contributed by atoms with E-state index in [1.54, 1.807) is 0 Å². The summed E-state index contributed by atoms with van der Waals surface area (Å²) in [6.07, 6.45) is 2.60. The van der Waals surface area contributed by atoms with E-state index in [0.717, 1.165) is 16.9 Å². The lowest BCUT2D eigenvalue weighted by Crippen LogP contribution is -2.05. The SMILES string of the molecule is CC(C)Oc1ccc(C#N)c(C2CC2)c1. The summed E-state index contributed by atoms with van der Waals surface area (Å²) in [5.74, 6) is 1.47. The predicted octanol–water partition coefficient (Wildman–Crippen LogP) is 3.22. The van der Waals surface area contributed by atoms with Crippen LogP contribution in [0.2, 0.25) is 0 Å². The minimum absolute atomic E-state index is 0.185. The van der Waals surface area contributed by atoms with Crippen molar-refractivity contribution in [2.45, 2.75) is 38.7 Å². The molecular weight excluding hydrogens is 186 g/mol. The molecule has 1 aliphatic rings. The molecule has 1 saturated carbocycles. The summed E-state index contributed by atoms with van der Waals surface area (Å²) in [5, 5.41) is 8.98. The van der Waals surface area contributed by atoms with E-state index in [1.165, 1.54) is 12.8 Å². The van der Waals surface area contributed by atoms with Crippen molar-refractivity contribution in [2.24, 2.45) is 0 Å². The van der Waals surface area contributed by atoms with E-state index >= 15 is 0 Å². The quantitative estimate of drug-likeness (QED) is 0.752. The fourth-order valence-electron chi connectivity index (χ4n) is 1.72. The van der Waals surface area contributed by atoms with Crippen LogP contribution in [0.1, 0.15) is 43.7 Å². The largest absolute Gasteiger partial charge is 0.491 e. The van der Waals surface area contributed by atoms with Gasteiger partial charge in [0.1, 0.15) is 5.75 Å². The highest BCUT2D eigenvalue weighted by Gasteiger charge is 2.26. The van der Waals surface area contributed by atoms with Crippen molar-refractivity contribution in [1.29, 1.82) is 5.26 Å². The van der Waals surface area contributed by atoms with Gasteiger partial charge in [-0.3, -0.25) is 0 Å². The molecule has 15 heavy (non-hydrogen) atoms. The second-order valence-corrected chi connectivity index (χ2v) is 4.30. The van der Waals surface area contributed by atoms with Crippen molar-refractivity contribution in [3.63, 3.8) is 0 Å². The van der Waals surface area contributed by atoms with Gasteiger partial charge in [0, 0.05) is 0 Å². The fourth-order valence-corrected chi connectivity index (χ4v) is 1.72. The van der Waals surface area contributed by atoms with Crippen LogP contribution in [-0.4, -0.2) is 6.10 Å². The van der Waals surface area contributed by atoms with Gasteiger partial charge in [0.15, 0.2) is 0 Å². The number of hydrogen-bond donors (Lipinski definition) is 0. The van der Waals surface area contributed by atoms with Crippen LogP contribution in [0.3, 0.4) is 0 Å². The zero-order valence-corrected chi connectivity index (χ0v) is 9.16. The molecule has 0 N–H and O–H groups in total. The van der Waals surface area contributed by atoms with Gasteiger partial charge in [-0.05, 0) is 56.4 Å². The smallest absolute Gasteiger partial charge is 0.120 e. The summed E-state index contributed by atoms with van der Waals surface area (Å²) in [6.45, 7) is 4.02. The van der Waals surface area contributed by atoms with Gasteiger partial charge in [-0.2, -0.15) is 5.26 Å². The van der Waals surface area contributed by atoms with E-state index < -0.39 is 0 Å². The highest BCUT2D eigenvalue weighted by Crippen LogP contribution is 2.42. The Morgan fingerprint density at radius 1 is 1.40 bits per heavy atom. The van der Waals surface area contributed by atoms with Crippen molar-refractivity contribution >= 4 is 0 Å². The minimum Gasteiger partial charge on any atom is -0.491 e. The predicted molar refractivity (Wildman–Crippen MR) is 58.9 cm³/mol. The third kappa shape index (κ3) is 2.30. The van der Waals surface area contributed by atoms with Crippen molar-refractivity contribution in [1.82, 2.24) is 0 Å². The molecule has 0 bridgehead atoms. The fraction of sp³-hybridized carbons (Fsp3) is 0.462. The highest BCUT2D eigenvalue weighted by atomic mass is 16.5. The third-order valence-electron chi connectivity index (χ3n) is 2.53. The maximum Gasteiger partial charge on any atom is 0.120 e. The van der Waals surface area contributed by atoms with Gasteiger partial charge in [-0.15, -0.1) is 0 Å². The van der Waals surface area contributed by atoms with E-state index in [4.69, 9.17) is 10.00 Å². The Morgan fingerprint density at radius 2 is 2.13 bits per heavy atom. The lowest BCUT2D eigenvalue weighted by molar-refractivity contribution is 0.242. The number of ether oxygens (including phenoxy) is 1. The Hall–Kier alpha value is -1.49. The van der Waals surface area contributed by atoms with Crippen LogP contribution in [0.25, 0.3) is 0 Å². The Kier molecular flexibility index (Phi) is 2.64. The van der Waals surface area contributed by atoms with Gasteiger partial charge in [0.2, 0.25) is 0 Å². The molecule has 0 atom stereocenters. The lowest BCUT2D eigenvalue weighted by Gasteiger charge is -2.11. The molecule has 1 aromatic rings. The molecule has 0 aliphatic heterocycles. The Bertz CT molecular complexity index is 399. The molecule has 0 aromatic heterocycles. The van der Waals surface area contributed by atoms with E-state index in [9.17, 15) is 0 Å². The van der Waals surface area contributed by atoms with Crippen LogP contribution < -0.4 is 4.74 Å². The molecule has 0 saturated heterocycles. The van der Waals surface area contributed by atoms with Crippen molar-refractivity contribution < 1.29 is 4.74 Å². The lowest BCUT2D eigenvalue weighted by atomic mass is 10.0. The molecule has 2 nitrogen and oxygen atoms in total. The van der Waals surface area contributed by atoms with Gasteiger partial charge < -0.3 is 4.74 Å². The normalized spacial score (nSPS) is 15.1. The molecule has 0 spiro atoms. The average molecular weight is 201 g/mol. The molecule has 1 aliphatic carbocycles. The van der Waals surface area contributed by atoms with E-state index in [2.05, 4.69) is 6.07 Å². The van der Waals surface area contributed by atoms with Gasteiger partial charge in [0.05, 0.1) is 17.7 Å². The number of nitriles is 1. The summed E-state index contributed by atoms with van der Waals surface area (Å²) in [7, 11) is 0. The molecular formula is C13H15NO. The molecule has 0 radical (unpaired) electrons. The summed E-state index contributed by atoms with van der Waals surface area (Å²) < 4.78 is 5.62. The first-order valence-electron chi connectivity index (χ1n) is 5.41. The first-order valence-corrected chi connectivity index (χ1v) is 5.41. The van der Waals surface area contributed by atoms with Gasteiger partial charge in [0.25, 0.3) is 0 Å². The monoisotopic (exact) mass is 201 g/mol. The minimum atomic E-state index is 0.185. The molecule has 2 rings (SSSR count). The first-order chi connectivity index (χ1) is 7.20. The van der Waals surface area contributed by atoms with Crippen LogP contribution >= 0.6 is 0 Å². The topological polar surface area (TPSA) is 33.0 Å². The van der Waals surface area contributed by atoms with E-state index in [0.29, 0.717) is 5.92 Å². The van der Waals surface area contributed by atoms with Crippen LogP contribution in [-0.2, 0) is 0 Å². The second-order valence-electron chi connectivity index (χ2n) is 4.30. The summed E-state index contributed by atoms with van der Waals surface area (Å²) in [5.41, 5.74) is 1.96. The first kappa shape index (κ1) is 10.0. The Morgan fingerprint density at radius 3 is 2.67 bits per heavy atom. The maximum atomic E-state index is 8.98. The number of rotatable bonds is 3.